The highest BCUT2D eigenvalue weighted by atomic mass is 35.5. The second kappa shape index (κ2) is 6.91. The van der Waals surface area contributed by atoms with E-state index < -0.39 is 0 Å². The number of benzene rings is 1. The maximum atomic E-state index is 12.2. The fourth-order valence-electron chi connectivity index (χ4n) is 1.67. The Labute approximate surface area is 123 Å². The summed E-state index contributed by atoms with van der Waals surface area (Å²) in [5.74, 6) is 0.618. The number of carbonyl (C=O) groups excluding carboxylic acids is 1. The van der Waals surface area contributed by atoms with Crippen molar-refractivity contribution >= 4 is 17.5 Å². The number of hydrogen-bond acceptors (Lipinski definition) is 3. The number of amides is 1. The first-order chi connectivity index (χ1) is 9.68. The Morgan fingerprint density at radius 2 is 2.00 bits per heavy atom. The van der Waals surface area contributed by atoms with Crippen molar-refractivity contribution in [1.29, 1.82) is 0 Å². The molecule has 0 bridgehead atoms. The van der Waals surface area contributed by atoms with E-state index in [1.807, 2.05) is 30.3 Å². The van der Waals surface area contributed by atoms with Crippen LogP contribution in [0.2, 0.25) is 5.15 Å². The van der Waals surface area contributed by atoms with Gasteiger partial charge in [0.15, 0.2) is 0 Å². The fourth-order valence-corrected chi connectivity index (χ4v) is 1.87. The van der Waals surface area contributed by atoms with Crippen molar-refractivity contribution < 1.29 is 9.53 Å². The molecule has 104 valence electrons. The van der Waals surface area contributed by atoms with Crippen LogP contribution in [0, 0.1) is 0 Å². The summed E-state index contributed by atoms with van der Waals surface area (Å²) in [6.45, 7) is 0.892. The molecule has 0 aliphatic heterocycles. The third kappa shape index (κ3) is 3.71. The number of carbonyl (C=O) groups is 1. The molecule has 5 heteroatoms. The van der Waals surface area contributed by atoms with E-state index in [0.29, 0.717) is 18.7 Å². The van der Waals surface area contributed by atoms with E-state index in [1.165, 1.54) is 0 Å². The minimum absolute atomic E-state index is 0.167. The highest BCUT2D eigenvalue weighted by Crippen LogP contribution is 2.13. The average Bonchev–Trinajstić information content (AvgIpc) is 2.48. The monoisotopic (exact) mass is 290 g/mol. The second-order valence-corrected chi connectivity index (χ2v) is 4.59. The van der Waals surface area contributed by atoms with Crippen LogP contribution >= 0.6 is 11.6 Å². The SMILES string of the molecule is CN(CCOc1ccccc1)C(=O)c1cccnc1Cl. The van der Waals surface area contributed by atoms with Gasteiger partial charge in [-0.25, -0.2) is 4.98 Å². The molecule has 1 aromatic carbocycles. The van der Waals surface area contributed by atoms with Crippen molar-refractivity contribution in [2.45, 2.75) is 0 Å². The summed E-state index contributed by atoms with van der Waals surface area (Å²) in [7, 11) is 1.71. The zero-order valence-electron chi connectivity index (χ0n) is 11.1. The molecule has 0 radical (unpaired) electrons. The topological polar surface area (TPSA) is 42.4 Å². The highest BCUT2D eigenvalue weighted by molar-refractivity contribution is 6.32. The van der Waals surface area contributed by atoms with Crippen molar-refractivity contribution in [3.05, 3.63) is 59.4 Å². The molecule has 4 nitrogen and oxygen atoms in total. The molecule has 0 atom stereocenters. The Morgan fingerprint density at radius 1 is 1.25 bits per heavy atom. The lowest BCUT2D eigenvalue weighted by atomic mass is 10.2. The molecule has 0 fully saturated rings. The first-order valence-corrected chi connectivity index (χ1v) is 6.60. The van der Waals surface area contributed by atoms with E-state index in [-0.39, 0.29) is 11.1 Å². The summed E-state index contributed by atoms with van der Waals surface area (Å²) in [4.78, 5) is 17.6. The molecule has 0 aliphatic rings. The standard InChI is InChI=1S/C15H15ClN2O2/c1-18(10-11-20-12-6-3-2-4-7-12)15(19)13-8-5-9-17-14(13)16/h2-9H,10-11H2,1H3. The maximum Gasteiger partial charge on any atom is 0.256 e. The van der Waals surface area contributed by atoms with Crippen molar-refractivity contribution in [2.24, 2.45) is 0 Å². The number of ether oxygens (including phenoxy) is 1. The fraction of sp³-hybridized carbons (Fsp3) is 0.200. The third-order valence-electron chi connectivity index (χ3n) is 2.77. The Kier molecular flexibility index (Phi) is 4.96. The van der Waals surface area contributed by atoms with Crippen LogP contribution in [0.25, 0.3) is 0 Å². The quantitative estimate of drug-likeness (QED) is 0.795. The first kappa shape index (κ1) is 14.3. The van der Waals surface area contributed by atoms with Crippen LogP contribution in [0.1, 0.15) is 10.4 Å². The van der Waals surface area contributed by atoms with Gasteiger partial charge in [-0.1, -0.05) is 29.8 Å². The molecule has 0 saturated carbocycles. The third-order valence-corrected chi connectivity index (χ3v) is 3.08. The van der Waals surface area contributed by atoms with Gasteiger partial charge in [0.2, 0.25) is 0 Å². The molecule has 0 N–H and O–H groups in total. The number of aromatic nitrogens is 1. The summed E-state index contributed by atoms with van der Waals surface area (Å²) in [6, 6.07) is 12.8. The van der Waals surface area contributed by atoms with E-state index >= 15 is 0 Å². The van der Waals surface area contributed by atoms with Crippen molar-refractivity contribution in [1.82, 2.24) is 9.88 Å². The normalized spacial score (nSPS) is 10.1. The van der Waals surface area contributed by atoms with Crippen LogP contribution < -0.4 is 4.74 Å². The second-order valence-electron chi connectivity index (χ2n) is 4.23. The van der Waals surface area contributed by atoms with E-state index in [9.17, 15) is 4.79 Å². The molecule has 0 unspecified atom stereocenters. The van der Waals surface area contributed by atoms with E-state index in [0.717, 1.165) is 5.75 Å². The van der Waals surface area contributed by atoms with Crippen molar-refractivity contribution in [3.8, 4) is 5.75 Å². The van der Waals surface area contributed by atoms with Gasteiger partial charge in [0, 0.05) is 13.2 Å². The van der Waals surface area contributed by atoms with E-state index in [2.05, 4.69) is 4.98 Å². The van der Waals surface area contributed by atoms with Gasteiger partial charge < -0.3 is 9.64 Å². The first-order valence-electron chi connectivity index (χ1n) is 6.22. The molecule has 1 aromatic heterocycles. The van der Waals surface area contributed by atoms with Crippen molar-refractivity contribution in [3.63, 3.8) is 0 Å². The van der Waals surface area contributed by atoms with Gasteiger partial charge in [-0.3, -0.25) is 4.79 Å². The lowest BCUT2D eigenvalue weighted by Gasteiger charge is -2.17. The predicted molar refractivity (Wildman–Crippen MR) is 78.1 cm³/mol. The number of pyridine rings is 1. The van der Waals surface area contributed by atoms with Crippen molar-refractivity contribution in [2.75, 3.05) is 20.2 Å². The zero-order chi connectivity index (χ0) is 14.4. The molecular weight excluding hydrogens is 276 g/mol. The summed E-state index contributed by atoms with van der Waals surface area (Å²) < 4.78 is 5.55. The van der Waals surface area contributed by atoms with Gasteiger partial charge in [-0.05, 0) is 24.3 Å². The number of nitrogens with zero attached hydrogens (tertiary/aromatic N) is 2. The lowest BCUT2D eigenvalue weighted by molar-refractivity contribution is 0.0773. The Hall–Kier alpha value is -2.07. The number of para-hydroxylation sites is 1. The molecule has 1 heterocycles. The Balaban J connectivity index is 1.87. The molecular formula is C15H15ClN2O2. The number of halogens is 1. The van der Waals surface area contributed by atoms with Gasteiger partial charge in [-0.2, -0.15) is 0 Å². The number of likely N-dealkylation sites (N-methyl/N-ethyl adjacent to an activating group) is 1. The summed E-state index contributed by atoms with van der Waals surface area (Å²) in [6.07, 6.45) is 1.55. The van der Waals surface area contributed by atoms with Crippen LogP contribution in [0.15, 0.2) is 48.7 Å². The molecule has 1 amide bonds. The van der Waals surface area contributed by atoms with Gasteiger partial charge in [0.1, 0.15) is 17.5 Å². The predicted octanol–water partition coefficient (Wildman–Crippen LogP) is 2.89. The summed E-state index contributed by atoms with van der Waals surface area (Å²) >= 11 is 5.90. The maximum absolute atomic E-state index is 12.2. The molecule has 2 aromatic rings. The summed E-state index contributed by atoms with van der Waals surface area (Å²) in [5, 5.41) is 0.216. The number of rotatable bonds is 5. The average molecular weight is 291 g/mol. The minimum atomic E-state index is -0.167. The highest BCUT2D eigenvalue weighted by Gasteiger charge is 2.15. The van der Waals surface area contributed by atoms with Gasteiger partial charge in [0.25, 0.3) is 5.91 Å². The van der Waals surface area contributed by atoms with E-state index in [4.69, 9.17) is 16.3 Å². The van der Waals surface area contributed by atoms with Crippen LogP contribution in [0.3, 0.4) is 0 Å². The van der Waals surface area contributed by atoms with Crippen LogP contribution in [0.4, 0.5) is 0 Å². The molecule has 0 saturated heterocycles. The lowest BCUT2D eigenvalue weighted by Crippen LogP contribution is -2.31. The van der Waals surface area contributed by atoms with E-state index in [1.54, 1.807) is 30.3 Å². The summed E-state index contributed by atoms with van der Waals surface area (Å²) in [5.41, 5.74) is 0.399. The van der Waals surface area contributed by atoms with Crippen LogP contribution in [-0.4, -0.2) is 36.0 Å². The van der Waals surface area contributed by atoms with Gasteiger partial charge in [0.05, 0.1) is 12.1 Å². The zero-order valence-corrected chi connectivity index (χ0v) is 11.9. The molecule has 0 aliphatic carbocycles. The Bertz CT molecular complexity index is 575. The van der Waals surface area contributed by atoms with Crippen LogP contribution in [-0.2, 0) is 0 Å². The smallest absolute Gasteiger partial charge is 0.256 e. The van der Waals surface area contributed by atoms with Crippen LogP contribution in [0.5, 0.6) is 5.75 Å². The Morgan fingerprint density at radius 3 is 2.70 bits per heavy atom. The van der Waals surface area contributed by atoms with Gasteiger partial charge in [-0.15, -0.1) is 0 Å². The molecule has 20 heavy (non-hydrogen) atoms. The molecule has 0 spiro atoms. The number of hydrogen-bond donors (Lipinski definition) is 0. The van der Waals surface area contributed by atoms with Gasteiger partial charge >= 0.3 is 0 Å². The largest absolute Gasteiger partial charge is 0.492 e. The minimum Gasteiger partial charge on any atom is -0.492 e. The molecule has 2 rings (SSSR count).